The van der Waals surface area contributed by atoms with E-state index < -0.39 is 0 Å². The summed E-state index contributed by atoms with van der Waals surface area (Å²) < 4.78 is 0. The van der Waals surface area contributed by atoms with Crippen molar-refractivity contribution in [1.82, 2.24) is 9.97 Å². The fourth-order valence-corrected chi connectivity index (χ4v) is 1.43. The normalized spacial score (nSPS) is 11.1. The van der Waals surface area contributed by atoms with E-state index in [9.17, 15) is 4.79 Å². The molecule has 0 spiro atoms. The zero-order valence-corrected chi connectivity index (χ0v) is 8.24. The summed E-state index contributed by atoms with van der Waals surface area (Å²) in [5.74, 6) is 0.411. The molecular weight excluding hydrogens is 176 g/mol. The lowest BCUT2D eigenvalue weighted by Gasteiger charge is -2.02. The average Bonchev–Trinajstić information content (AvgIpc) is 2.58. The van der Waals surface area contributed by atoms with Crippen molar-refractivity contribution in [2.24, 2.45) is 0 Å². The number of pyridine rings is 1. The van der Waals surface area contributed by atoms with E-state index in [1.165, 1.54) is 0 Å². The van der Waals surface area contributed by atoms with E-state index in [0.717, 1.165) is 23.0 Å². The highest BCUT2D eigenvalue weighted by atomic mass is 16.1. The number of hydrogen-bond acceptors (Lipinski definition) is 2. The summed E-state index contributed by atoms with van der Waals surface area (Å²) in [6, 6.07) is 5.72. The summed E-state index contributed by atoms with van der Waals surface area (Å²) in [4.78, 5) is 18.0. The Labute approximate surface area is 82.2 Å². The Bertz CT molecular complexity index is 471. The lowest BCUT2D eigenvalue weighted by molar-refractivity contribution is 0.112. The largest absolute Gasteiger partial charge is 0.351 e. The smallest absolute Gasteiger partial charge is 0.166 e. The molecule has 0 bridgehead atoms. The Kier molecular flexibility index (Phi) is 2.08. The molecule has 0 fully saturated rings. The fraction of sp³-hybridized carbons (Fsp3) is 0.273. The number of carbonyl (C=O) groups excluding carboxylic acids is 1. The van der Waals surface area contributed by atoms with Crippen LogP contribution in [0.15, 0.2) is 18.2 Å². The molecule has 2 aromatic heterocycles. The van der Waals surface area contributed by atoms with Crippen molar-refractivity contribution in [2.75, 3.05) is 0 Å². The highest BCUT2D eigenvalue weighted by molar-refractivity contribution is 5.85. The second kappa shape index (κ2) is 3.25. The van der Waals surface area contributed by atoms with Gasteiger partial charge in [0, 0.05) is 5.69 Å². The van der Waals surface area contributed by atoms with Gasteiger partial charge in [-0.05, 0) is 24.1 Å². The quantitative estimate of drug-likeness (QED) is 0.736. The summed E-state index contributed by atoms with van der Waals surface area (Å²) in [6.07, 6.45) is 0.802. The van der Waals surface area contributed by atoms with Gasteiger partial charge >= 0.3 is 0 Å². The molecule has 0 radical (unpaired) electrons. The molecule has 3 nitrogen and oxygen atoms in total. The number of H-pyrrole nitrogens is 1. The number of aldehydes is 1. The van der Waals surface area contributed by atoms with Crippen molar-refractivity contribution in [1.29, 1.82) is 0 Å². The summed E-state index contributed by atoms with van der Waals surface area (Å²) in [5.41, 5.74) is 3.40. The minimum atomic E-state index is 0.411. The van der Waals surface area contributed by atoms with E-state index in [1.54, 1.807) is 6.07 Å². The monoisotopic (exact) mass is 188 g/mol. The molecule has 0 saturated heterocycles. The summed E-state index contributed by atoms with van der Waals surface area (Å²) in [6.45, 7) is 4.20. The summed E-state index contributed by atoms with van der Waals surface area (Å²) >= 11 is 0. The van der Waals surface area contributed by atoms with Gasteiger partial charge in [-0.25, -0.2) is 0 Å². The van der Waals surface area contributed by atoms with Crippen LogP contribution in [-0.2, 0) is 0 Å². The lowest BCUT2D eigenvalue weighted by atomic mass is 10.1. The predicted octanol–water partition coefficient (Wildman–Crippen LogP) is 2.50. The predicted molar refractivity (Wildman–Crippen MR) is 55.6 cm³/mol. The van der Waals surface area contributed by atoms with E-state index in [1.807, 2.05) is 12.1 Å². The Balaban J connectivity index is 2.59. The molecular formula is C11H12N2O. The number of nitrogens with one attached hydrogen (secondary N) is 1. The number of hydrogen-bond donors (Lipinski definition) is 1. The minimum absolute atomic E-state index is 0.411. The van der Waals surface area contributed by atoms with Gasteiger partial charge < -0.3 is 4.98 Å². The second-order valence-corrected chi connectivity index (χ2v) is 3.67. The summed E-state index contributed by atoms with van der Waals surface area (Å²) in [5, 5.41) is 0. The Hall–Kier alpha value is -1.64. The molecule has 0 aliphatic carbocycles. The van der Waals surface area contributed by atoms with Crippen LogP contribution in [0.5, 0.6) is 0 Å². The molecule has 72 valence electrons. The standard InChI is InChI=1S/C11H12N2O/c1-7(2)9-3-4-10-11(13-9)5-8(6-14)12-10/h3-7,12H,1-2H3. The molecule has 3 heteroatoms. The SMILES string of the molecule is CC(C)c1ccc2[nH]c(C=O)cc2n1. The average molecular weight is 188 g/mol. The third kappa shape index (κ3) is 1.41. The number of aromatic nitrogens is 2. The van der Waals surface area contributed by atoms with Gasteiger partial charge in [0.25, 0.3) is 0 Å². The Morgan fingerprint density at radius 1 is 1.43 bits per heavy atom. The fourth-order valence-electron chi connectivity index (χ4n) is 1.43. The van der Waals surface area contributed by atoms with Crippen LogP contribution in [-0.4, -0.2) is 16.3 Å². The minimum Gasteiger partial charge on any atom is -0.351 e. The van der Waals surface area contributed by atoms with Gasteiger partial charge in [0.1, 0.15) is 0 Å². The molecule has 0 amide bonds. The molecule has 0 aromatic carbocycles. The summed E-state index contributed by atoms with van der Waals surface area (Å²) in [7, 11) is 0. The molecule has 0 aliphatic rings. The number of carbonyl (C=O) groups is 1. The molecule has 2 heterocycles. The molecule has 2 rings (SSSR count). The number of nitrogens with zero attached hydrogens (tertiary/aromatic N) is 1. The maximum Gasteiger partial charge on any atom is 0.166 e. The third-order valence-corrected chi connectivity index (χ3v) is 2.24. The van der Waals surface area contributed by atoms with Gasteiger partial charge in [-0.3, -0.25) is 9.78 Å². The third-order valence-electron chi connectivity index (χ3n) is 2.24. The molecule has 1 N–H and O–H groups in total. The van der Waals surface area contributed by atoms with Crippen molar-refractivity contribution in [3.63, 3.8) is 0 Å². The molecule has 0 unspecified atom stereocenters. The van der Waals surface area contributed by atoms with Crippen LogP contribution in [0.1, 0.15) is 35.9 Å². The Morgan fingerprint density at radius 2 is 2.21 bits per heavy atom. The highest BCUT2D eigenvalue weighted by Gasteiger charge is 2.04. The number of rotatable bonds is 2. The first-order valence-electron chi connectivity index (χ1n) is 4.65. The van der Waals surface area contributed by atoms with Crippen molar-refractivity contribution in [2.45, 2.75) is 19.8 Å². The molecule has 0 atom stereocenters. The van der Waals surface area contributed by atoms with Gasteiger partial charge in [-0.1, -0.05) is 13.8 Å². The van der Waals surface area contributed by atoms with Crippen LogP contribution < -0.4 is 0 Å². The molecule has 0 saturated carbocycles. The topological polar surface area (TPSA) is 45.8 Å². The zero-order chi connectivity index (χ0) is 10.1. The highest BCUT2D eigenvalue weighted by Crippen LogP contribution is 2.17. The van der Waals surface area contributed by atoms with E-state index in [-0.39, 0.29) is 0 Å². The first-order chi connectivity index (χ1) is 6.70. The van der Waals surface area contributed by atoms with Gasteiger partial charge in [0.2, 0.25) is 0 Å². The number of fused-ring (bicyclic) bond motifs is 1. The van der Waals surface area contributed by atoms with Crippen LogP contribution >= 0.6 is 0 Å². The maximum absolute atomic E-state index is 10.5. The van der Waals surface area contributed by atoms with Gasteiger partial charge in [0.05, 0.1) is 16.7 Å². The van der Waals surface area contributed by atoms with E-state index in [0.29, 0.717) is 11.6 Å². The van der Waals surface area contributed by atoms with Crippen LogP contribution in [0.4, 0.5) is 0 Å². The lowest BCUT2D eigenvalue weighted by Crippen LogP contribution is -1.90. The van der Waals surface area contributed by atoms with E-state index in [4.69, 9.17) is 0 Å². The van der Waals surface area contributed by atoms with Crippen molar-refractivity contribution >= 4 is 17.3 Å². The van der Waals surface area contributed by atoms with Crippen LogP contribution in [0.3, 0.4) is 0 Å². The van der Waals surface area contributed by atoms with Gasteiger partial charge in [-0.15, -0.1) is 0 Å². The Morgan fingerprint density at radius 3 is 2.86 bits per heavy atom. The van der Waals surface area contributed by atoms with E-state index >= 15 is 0 Å². The van der Waals surface area contributed by atoms with E-state index in [2.05, 4.69) is 23.8 Å². The van der Waals surface area contributed by atoms with Crippen molar-refractivity contribution in [3.8, 4) is 0 Å². The van der Waals surface area contributed by atoms with Gasteiger partial charge in [-0.2, -0.15) is 0 Å². The zero-order valence-electron chi connectivity index (χ0n) is 8.24. The molecule has 14 heavy (non-hydrogen) atoms. The van der Waals surface area contributed by atoms with Crippen LogP contribution in [0, 0.1) is 0 Å². The number of aromatic amines is 1. The van der Waals surface area contributed by atoms with Crippen molar-refractivity contribution in [3.05, 3.63) is 29.6 Å². The van der Waals surface area contributed by atoms with Crippen LogP contribution in [0.2, 0.25) is 0 Å². The molecule has 0 aliphatic heterocycles. The second-order valence-electron chi connectivity index (χ2n) is 3.67. The molecule has 2 aromatic rings. The van der Waals surface area contributed by atoms with Gasteiger partial charge in [0.15, 0.2) is 6.29 Å². The first-order valence-corrected chi connectivity index (χ1v) is 4.65. The van der Waals surface area contributed by atoms with Crippen molar-refractivity contribution < 1.29 is 4.79 Å². The van der Waals surface area contributed by atoms with Crippen LogP contribution in [0.25, 0.3) is 11.0 Å². The first kappa shape index (κ1) is 8.94. The maximum atomic E-state index is 10.5.